The average Bonchev–Trinajstić information content (AvgIpc) is 3.20. The maximum Gasteiger partial charge on any atom is 0.224 e. The van der Waals surface area contributed by atoms with Crippen molar-refractivity contribution in [2.75, 3.05) is 29.9 Å². The third-order valence-electron chi connectivity index (χ3n) is 5.14. The number of guanidine groups is 1. The minimum Gasteiger partial charge on any atom is -0.357 e. The Hall–Kier alpha value is -3.16. The number of rotatable bonds is 8. The average molecular weight is 441 g/mol. The molecule has 3 rings (SSSR count). The summed E-state index contributed by atoms with van der Waals surface area (Å²) in [7, 11) is 0. The van der Waals surface area contributed by atoms with Crippen LogP contribution in [-0.4, -0.2) is 42.5 Å². The summed E-state index contributed by atoms with van der Waals surface area (Å²) >= 11 is 0. The minimum absolute atomic E-state index is 0.0192. The van der Waals surface area contributed by atoms with Gasteiger partial charge in [0.15, 0.2) is 17.6 Å². The van der Waals surface area contributed by atoms with Crippen molar-refractivity contribution in [1.29, 1.82) is 0 Å². The molecule has 8 heteroatoms. The van der Waals surface area contributed by atoms with Crippen molar-refractivity contribution in [1.82, 2.24) is 15.6 Å². The van der Waals surface area contributed by atoms with E-state index in [2.05, 4.69) is 20.9 Å². The van der Waals surface area contributed by atoms with E-state index in [0.29, 0.717) is 31.2 Å². The van der Waals surface area contributed by atoms with Gasteiger partial charge in [-0.2, -0.15) is 0 Å². The summed E-state index contributed by atoms with van der Waals surface area (Å²) in [5.41, 5.74) is 1.79. The molecule has 1 aliphatic rings. The quantitative estimate of drug-likeness (QED) is 0.432. The first-order chi connectivity index (χ1) is 15.4. The standard InChI is InChI=1S/C24H33FN6O/c1-4-26-24(30-20-10-12-31(16-20)23-21(25)9-6-11-27-23)28-15-18-7-5-8-19(14-18)29-22(32)13-17(2)3/h5-9,11,14,17,20H,4,10,12-13,15-16H2,1-3H3,(H,29,32)(H2,26,28,30). The van der Waals surface area contributed by atoms with Gasteiger partial charge in [0.1, 0.15) is 0 Å². The molecule has 32 heavy (non-hydrogen) atoms. The largest absolute Gasteiger partial charge is 0.357 e. The predicted molar refractivity (Wildman–Crippen MR) is 127 cm³/mol. The van der Waals surface area contributed by atoms with Crippen LogP contribution in [0.2, 0.25) is 0 Å². The van der Waals surface area contributed by atoms with Crippen molar-refractivity contribution < 1.29 is 9.18 Å². The van der Waals surface area contributed by atoms with Gasteiger partial charge in [-0.1, -0.05) is 26.0 Å². The van der Waals surface area contributed by atoms with E-state index in [1.165, 1.54) is 6.07 Å². The Balaban J connectivity index is 1.59. The van der Waals surface area contributed by atoms with E-state index in [0.717, 1.165) is 36.7 Å². The Morgan fingerprint density at radius 2 is 2.16 bits per heavy atom. The summed E-state index contributed by atoms with van der Waals surface area (Å²) in [4.78, 5) is 22.9. The molecule has 0 saturated carbocycles. The van der Waals surface area contributed by atoms with Crippen LogP contribution in [0.5, 0.6) is 0 Å². The van der Waals surface area contributed by atoms with Crippen LogP contribution in [0, 0.1) is 11.7 Å². The topological polar surface area (TPSA) is 81.6 Å². The van der Waals surface area contributed by atoms with Crippen molar-refractivity contribution in [3.63, 3.8) is 0 Å². The van der Waals surface area contributed by atoms with Crippen molar-refractivity contribution in [2.24, 2.45) is 10.9 Å². The summed E-state index contributed by atoms with van der Waals surface area (Å²) in [6.07, 6.45) is 2.99. The third-order valence-corrected chi connectivity index (χ3v) is 5.14. The second-order valence-corrected chi connectivity index (χ2v) is 8.43. The highest BCUT2D eigenvalue weighted by Crippen LogP contribution is 2.20. The highest BCUT2D eigenvalue weighted by molar-refractivity contribution is 5.90. The Kier molecular flexibility index (Phi) is 8.41. The summed E-state index contributed by atoms with van der Waals surface area (Å²) in [5.74, 6) is 1.15. The second kappa shape index (κ2) is 11.5. The fraction of sp³-hybridized carbons (Fsp3) is 0.458. The maximum atomic E-state index is 14.0. The molecule has 7 nitrogen and oxygen atoms in total. The lowest BCUT2D eigenvalue weighted by Crippen LogP contribution is -2.44. The van der Waals surface area contributed by atoms with Gasteiger partial charge in [0.05, 0.1) is 6.54 Å². The second-order valence-electron chi connectivity index (χ2n) is 8.43. The molecule has 1 aromatic carbocycles. The number of nitrogens with zero attached hydrogens (tertiary/aromatic N) is 3. The first-order valence-electron chi connectivity index (χ1n) is 11.2. The number of carbonyl (C=O) groups excluding carboxylic acids is 1. The lowest BCUT2D eigenvalue weighted by molar-refractivity contribution is -0.116. The highest BCUT2D eigenvalue weighted by atomic mass is 19.1. The van der Waals surface area contributed by atoms with Crippen molar-refractivity contribution in [3.05, 3.63) is 54.0 Å². The van der Waals surface area contributed by atoms with Crippen LogP contribution in [0.1, 0.15) is 39.2 Å². The number of aliphatic imine (C=N–C) groups is 1. The number of hydrogen-bond acceptors (Lipinski definition) is 4. The van der Waals surface area contributed by atoms with E-state index in [-0.39, 0.29) is 17.8 Å². The van der Waals surface area contributed by atoms with Crippen LogP contribution in [0.3, 0.4) is 0 Å². The number of benzene rings is 1. The van der Waals surface area contributed by atoms with Gasteiger partial charge in [-0.25, -0.2) is 14.4 Å². The SMILES string of the molecule is CCNC(=NCc1cccc(NC(=O)CC(C)C)c1)NC1CCN(c2ncccc2F)C1. The molecule has 2 aromatic rings. The molecule has 0 aliphatic carbocycles. The van der Waals surface area contributed by atoms with Gasteiger partial charge in [0, 0.05) is 44.0 Å². The number of nitrogens with one attached hydrogen (secondary N) is 3. The molecule has 3 N–H and O–H groups in total. The van der Waals surface area contributed by atoms with Crippen LogP contribution >= 0.6 is 0 Å². The monoisotopic (exact) mass is 440 g/mol. The fourth-order valence-electron chi connectivity index (χ4n) is 3.69. The molecule has 0 radical (unpaired) electrons. The summed E-state index contributed by atoms with van der Waals surface area (Å²) in [5, 5.41) is 9.68. The zero-order valence-corrected chi connectivity index (χ0v) is 19.1. The Bertz CT molecular complexity index is 932. The molecule has 2 heterocycles. The fourth-order valence-corrected chi connectivity index (χ4v) is 3.69. The van der Waals surface area contributed by atoms with Gasteiger partial charge < -0.3 is 20.9 Å². The molecular formula is C24H33FN6O. The van der Waals surface area contributed by atoms with E-state index in [1.54, 1.807) is 12.3 Å². The molecule has 1 aromatic heterocycles. The summed E-state index contributed by atoms with van der Waals surface area (Å²) < 4.78 is 14.0. The molecule has 1 fully saturated rings. The smallest absolute Gasteiger partial charge is 0.224 e. The zero-order valence-electron chi connectivity index (χ0n) is 19.1. The van der Waals surface area contributed by atoms with Gasteiger partial charge >= 0.3 is 0 Å². The number of pyridine rings is 1. The van der Waals surface area contributed by atoms with Gasteiger partial charge in [-0.15, -0.1) is 0 Å². The third kappa shape index (κ3) is 6.93. The van der Waals surface area contributed by atoms with E-state index in [9.17, 15) is 9.18 Å². The first-order valence-corrected chi connectivity index (χ1v) is 11.2. The van der Waals surface area contributed by atoms with Gasteiger partial charge in [0.2, 0.25) is 5.91 Å². The highest BCUT2D eigenvalue weighted by Gasteiger charge is 2.25. The van der Waals surface area contributed by atoms with Gasteiger partial charge in [0.25, 0.3) is 0 Å². The van der Waals surface area contributed by atoms with E-state index in [1.807, 2.05) is 49.9 Å². The van der Waals surface area contributed by atoms with Gasteiger partial charge in [-0.05, 0) is 49.1 Å². The molecule has 1 saturated heterocycles. The Labute approximate surface area is 189 Å². The van der Waals surface area contributed by atoms with Gasteiger partial charge in [-0.3, -0.25) is 4.79 Å². The number of aromatic nitrogens is 1. The number of carbonyl (C=O) groups is 1. The van der Waals surface area contributed by atoms with Crippen LogP contribution < -0.4 is 20.9 Å². The summed E-state index contributed by atoms with van der Waals surface area (Å²) in [6, 6.07) is 10.9. The number of halogens is 1. The predicted octanol–water partition coefficient (Wildman–Crippen LogP) is 3.54. The molecule has 172 valence electrons. The van der Waals surface area contributed by atoms with Crippen LogP contribution in [0.4, 0.5) is 15.9 Å². The van der Waals surface area contributed by atoms with E-state index < -0.39 is 0 Å². The van der Waals surface area contributed by atoms with Crippen molar-refractivity contribution >= 4 is 23.4 Å². The lowest BCUT2D eigenvalue weighted by Gasteiger charge is -2.20. The van der Waals surface area contributed by atoms with Crippen molar-refractivity contribution in [2.45, 2.75) is 46.2 Å². The van der Waals surface area contributed by atoms with E-state index in [4.69, 9.17) is 4.99 Å². The first kappa shape index (κ1) is 23.5. The zero-order chi connectivity index (χ0) is 22.9. The minimum atomic E-state index is -0.297. The molecule has 1 atom stereocenters. The van der Waals surface area contributed by atoms with Crippen LogP contribution in [-0.2, 0) is 11.3 Å². The van der Waals surface area contributed by atoms with Crippen molar-refractivity contribution in [3.8, 4) is 0 Å². The number of amides is 1. The molecule has 1 unspecified atom stereocenters. The Morgan fingerprint density at radius 1 is 1.31 bits per heavy atom. The maximum absolute atomic E-state index is 14.0. The lowest BCUT2D eigenvalue weighted by atomic mass is 10.1. The number of anilines is 2. The summed E-state index contributed by atoms with van der Waals surface area (Å²) in [6.45, 7) is 8.69. The Morgan fingerprint density at radius 3 is 2.91 bits per heavy atom. The number of hydrogen-bond donors (Lipinski definition) is 3. The normalized spacial score (nSPS) is 16.3. The molecule has 0 spiro atoms. The molecule has 0 bridgehead atoms. The van der Waals surface area contributed by atoms with Crippen LogP contribution in [0.25, 0.3) is 0 Å². The van der Waals surface area contributed by atoms with Crippen LogP contribution in [0.15, 0.2) is 47.6 Å². The molecule has 1 aliphatic heterocycles. The molecular weight excluding hydrogens is 407 g/mol. The molecule has 1 amide bonds. The van der Waals surface area contributed by atoms with E-state index >= 15 is 0 Å².